The minimum absolute atomic E-state index is 0.000174. The lowest BCUT2D eigenvalue weighted by Crippen LogP contribution is -2.17. The van der Waals surface area contributed by atoms with E-state index in [1.165, 1.54) is 17.6 Å². The molecule has 0 amide bonds. The molecule has 0 fully saturated rings. The molecular weight excluding hydrogens is 400 g/mol. The average Bonchev–Trinajstić information content (AvgIpc) is 2.77. The minimum atomic E-state index is -0.497. The van der Waals surface area contributed by atoms with Gasteiger partial charge in [0.15, 0.2) is 0 Å². The Morgan fingerprint density at radius 1 is 1.16 bits per heavy atom. The Labute approximate surface area is 176 Å². The Bertz CT molecular complexity index is 1400. The average molecular weight is 420 g/mol. The fourth-order valence-corrected chi connectivity index (χ4v) is 3.42. The number of aryl methyl sites for hydroxylation is 1. The van der Waals surface area contributed by atoms with Crippen molar-refractivity contribution in [3.8, 4) is 5.75 Å². The highest BCUT2D eigenvalue weighted by Crippen LogP contribution is 2.24. The second kappa shape index (κ2) is 8.43. The second-order valence-electron chi connectivity index (χ2n) is 7.03. The van der Waals surface area contributed by atoms with Gasteiger partial charge in [-0.3, -0.25) is 14.0 Å². The van der Waals surface area contributed by atoms with E-state index in [1.807, 2.05) is 13.0 Å². The van der Waals surface area contributed by atoms with Crippen LogP contribution in [-0.2, 0) is 22.6 Å². The Kier molecular flexibility index (Phi) is 5.53. The topological polar surface area (TPSA) is 100 Å². The number of nitrogens with zero attached hydrogens (tertiary/aromatic N) is 2. The van der Waals surface area contributed by atoms with Crippen molar-refractivity contribution in [3.63, 3.8) is 0 Å². The summed E-state index contributed by atoms with van der Waals surface area (Å²) in [4.78, 5) is 41.0. The summed E-state index contributed by atoms with van der Waals surface area (Å²) < 4.78 is 17.2. The smallest absolute Gasteiger partial charge is 0.339 e. The number of methoxy groups -OCH3 is 1. The van der Waals surface area contributed by atoms with E-state index in [-0.39, 0.29) is 25.0 Å². The van der Waals surface area contributed by atoms with Crippen molar-refractivity contribution < 1.29 is 18.7 Å². The van der Waals surface area contributed by atoms with Crippen LogP contribution in [0.4, 0.5) is 0 Å². The highest BCUT2D eigenvalue weighted by Gasteiger charge is 2.14. The van der Waals surface area contributed by atoms with E-state index in [9.17, 15) is 14.4 Å². The third kappa shape index (κ3) is 4.18. The molecule has 0 atom stereocenters. The lowest BCUT2D eigenvalue weighted by atomic mass is 10.0. The van der Waals surface area contributed by atoms with Gasteiger partial charge in [-0.25, -0.2) is 9.78 Å². The van der Waals surface area contributed by atoms with Gasteiger partial charge in [0.25, 0.3) is 5.56 Å². The van der Waals surface area contributed by atoms with Gasteiger partial charge in [-0.1, -0.05) is 6.07 Å². The number of hydrogen-bond acceptors (Lipinski definition) is 7. The van der Waals surface area contributed by atoms with Crippen LogP contribution in [0.1, 0.15) is 23.2 Å². The van der Waals surface area contributed by atoms with Crippen LogP contribution in [0, 0.1) is 6.92 Å². The van der Waals surface area contributed by atoms with Crippen molar-refractivity contribution in [3.05, 3.63) is 86.3 Å². The molecule has 3 heterocycles. The summed E-state index contributed by atoms with van der Waals surface area (Å²) in [7, 11) is 1.54. The summed E-state index contributed by atoms with van der Waals surface area (Å²) in [6, 6.07) is 11.8. The number of carbonyl (C=O) groups excluding carboxylic acids is 1. The van der Waals surface area contributed by atoms with Gasteiger partial charge in [-0.05, 0) is 43.2 Å². The van der Waals surface area contributed by atoms with Gasteiger partial charge in [0, 0.05) is 35.7 Å². The number of rotatable bonds is 6. The first kappa shape index (κ1) is 20.3. The number of carbonyl (C=O) groups is 1. The molecular formula is C23H20N2O6. The predicted octanol–water partition coefficient (Wildman–Crippen LogP) is 2.79. The molecule has 8 heteroatoms. The number of benzene rings is 1. The molecule has 0 bridgehead atoms. The van der Waals surface area contributed by atoms with E-state index in [2.05, 4.69) is 4.98 Å². The van der Waals surface area contributed by atoms with E-state index < -0.39 is 11.6 Å². The number of hydrogen-bond donors (Lipinski definition) is 0. The lowest BCUT2D eigenvalue weighted by Gasteiger charge is -2.09. The van der Waals surface area contributed by atoms with Gasteiger partial charge in [0.05, 0.1) is 12.8 Å². The molecule has 0 spiro atoms. The number of fused-ring (bicyclic) bond motifs is 2. The Morgan fingerprint density at radius 3 is 2.81 bits per heavy atom. The van der Waals surface area contributed by atoms with Crippen LogP contribution in [0.15, 0.2) is 62.7 Å². The highest BCUT2D eigenvalue weighted by molar-refractivity contribution is 5.82. The fraction of sp³-hybridized carbons (Fsp3) is 0.217. The van der Waals surface area contributed by atoms with Gasteiger partial charge in [-0.2, -0.15) is 0 Å². The zero-order valence-corrected chi connectivity index (χ0v) is 17.1. The first-order valence-corrected chi connectivity index (χ1v) is 9.69. The van der Waals surface area contributed by atoms with E-state index in [1.54, 1.807) is 36.5 Å². The zero-order chi connectivity index (χ0) is 22.0. The first-order valence-electron chi connectivity index (χ1n) is 9.69. The van der Waals surface area contributed by atoms with Crippen molar-refractivity contribution in [1.29, 1.82) is 0 Å². The summed E-state index contributed by atoms with van der Waals surface area (Å²) in [5.41, 5.74) is 1.71. The molecule has 1 aromatic carbocycles. The summed E-state index contributed by atoms with van der Waals surface area (Å²) >= 11 is 0. The predicted molar refractivity (Wildman–Crippen MR) is 113 cm³/mol. The van der Waals surface area contributed by atoms with Gasteiger partial charge >= 0.3 is 11.6 Å². The molecule has 0 saturated heterocycles. The van der Waals surface area contributed by atoms with Gasteiger partial charge in [-0.15, -0.1) is 0 Å². The lowest BCUT2D eigenvalue weighted by molar-refractivity contribution is -0.145. The van der Waals surface area contributed by atoms with Crippen molar-refractivity contribution in [2.24, 2.45) is 0 Å². The maximum absolute atomic E-state index is 12.4. The van der Waals surface area contributed by atoms with Gasteiger partial charge < -0.3 is 13.9 Å². The molecule has 31 heavy (non-hydrogen) atoms. The molecule has 0 aliphatic rings. The van der Waals surface area contributed by atoms with E-state index in [0.29, 0.717) is 28.2 Å². The van der Waals surface area contributed by atoms with Crippen molar-refractivity contribution >= 4 is 22.6 Å². The van der Waals surface area contributed by atoms with E-state index in [4.69, 9.17) is 13.9 Å². The number of aromatic nitrogens is 2. The minimum Gasteiger partial charge on any atom is -0.497 e. The summed E-state index contributed by atoms with van der Waals surface area (Å²) in [6.45, 7) is 1.70. The summed E-state index contributed by atoms with van der Waals surface area (Å²) in [5.74, 6) is 0.0944. The Balaban J connectivity index is 1.45. The first-order chi connectivity index (χ1) is 15.0. The Hall–Kier alpha value is -3.94. The van der Waals surface area contributed by atoms with Crippen LogP contribution in [-0.4, -0.2) is 22.5 Å². The zero-order valence-electron chi connectivity index (χ0n) is 17.1. The molecule has 0 saturated carbocycles. The van der Waals surface area contributed by atoms with Crippen LogP contribution in [0.2, 0.25) is 0 Å². The molecule has 3 aromatic heterocycles. The summed E-state index contributed by atoms with van der Waals surface area (Å²) in [5, 5.41) is 0.782. The monoisotopic (exact) mass is 420 g/mol. The maximum Gasteiger partial charge on any atom is 0.339 e. The highest BCUT2D eigenvalue weighted by atomic mass is 16.5. The van der Waals surface area contributed by atoms with Crippen LogP contribution in [0.3, 0.4) is 0 Å². The molecule has 158 valence electrons. The van der Waals surface area contributed by atoms with Crippen molar-refractivity contribution in [1.82, 2.24) is 9.38 Å². The standard InChI is InChI=1S/C23H20N2O6/c1-14-17-7-6-16(29-2)12-19(17)31-23(28)18(14)8-9-22(27)30-13-15-11-21(26)25-10-4-3-5-20(25)24-15/h3-7,10-12H,8-9,13H2,1-2H3. The maximum atomic E-state index is 12.4. The third-order valence-corrected chi connectivity index (χ3v) is 5.08. The largest absolute Gasteiger partial charge is 0.497 e. The van der Waals surface area contributed by atoms with Crippen molar-refractivity contribution in [2.45, 2.75) is 26.4 Å². The number of esters is 1. The van der Waals surface area contributed by atoms with Crippen LogP contribution in [0.25, 0.3) is 16.6 Å². The van der Waals surface area contributed by atoms with Crippen LogP contribution < -0.4 is 15.9 Å². The molecule has 0 radical (unpaired) electrons. The molecule has 4 aromatic rings. The normalized spacial score (nSPS) is 11.0. The van der Waals surface area contributed by atoms with Gasteiger partial charge in [0.2, 0.25) is 0 Å². The molecule has 0 aliphatic heterocycles. The molecule has 0 unspecified atom stereocenters. The van der Waals surface area contributed by atoms with Crippen molar-refractivity contribution in [2.75, 3.05) is 7.11 Å². The molecule has 0 aliphatic carbocycles. The summed E-state index contributed by atoms with van der Waals surface area (Å²) in [6.07, 6.45) is 1.80. The second-order valence-corrected chi connectivity index (χ2v) is 7.03. The van der Waals surface area contributed by atoms with Gasteiger partial charge in [0.1, 0.15) is 23.6 Å². The fourth-order valence-electron chi connectivity index (χ4n) is 3.42. The number of pyridine rings is 1. The van der Waals surface area contributed by atoms with E-state index >= 15 is 0 Å². The number of ether oxygens (including phenoxy) is 2. The quantitative estimate of drug-likeness (QED) is 0.349. The van der Waals surface area contributed by atoms with Crippen LogP contribution in [0.5, 0.6) is 5.75 Å². The molecule has 4 rings (SSSR count). The molecule has 8 nitrogen and oxygen atoms in total. The van der Waals surface area contributed by atoms with E-state index in [0.717, 1.165) is 10.9 Å². The van der Waals surface area contributed by atoms with Crippen LogP contribution >= 0.6 is 0 Å². The molecule has 0 N–H and O–H groups in total. The Morgan fingerprint density at radius 2 is 2.00 bits per heavy atom. The third-order valence-electron chi connectivity index (χ3n) is 5.08. The SMILES string of the molecule is COc1ccc2c(C)c(CCC(=O)OCc3cc(=O)n4ccccc4n3)c(=O)oc2c1.